The van der Waals surface area contributed by atoms with E-state index in [4.69, 9.17) is 4.74 Å². The molecule has 1 N–H and O–H groups in total. The first-order chi connectivity index (χ1) is 16.7. The zero-order valence-electron chi connectivity index (χ0n) is 19.6. The summed E-state index contributed by atoms with van der Waals surface area (Å²) in [6.07, 6.45) is 1.57. The van der Waals surface area contributed by atoms with Crippen LogP contribution in [0, 0.1) is 11.7 Å². The lowest BCUT2D eigenvalue weighted by molar-refractivity contribution is -0.137. The summed E-state index contributed by atoms with van der Waals surface area (Å²) in [5.41, 5.74) is 2.56. The Morgan fingerprint density at radius 3 is 2.54 bits per heavy atom. The number of thiazole rings is 1. The van der Waals surface area contributed by atoms with Crippen molar-refractivity contribution in [3.05, 3.63) is 64.0 Å². The minimum absolute atomic E-state index is 0.0745. The smallest absolute Gasteiger partial charge is 0.382 e. The van der Waals surface area contributed by atoms with Crippen molar-refractivity contribution in [2.75, 3.05) is 19.7 Å². The van der Waals surface area contributed by atoms with Crippen molar-refractivity contribution in [1.82, 2.24) is 15.2 Å². The molecular weight excluding hydrogens is 478 g/mol. The molecule has 1 aliphatic carbocycles. The summed E-state index contributed by atoms with van der Waals surface area (Å²) in [5.74, 6) is 0.0174. The number of hydrogen-bond acceptors (Lipinski definition) is 5. The highest BCUT2D eigenvalue weighted by Gasteiger charge is 2.51. The maximum absolute atomic E-state index is 13.8. The summed E-state index contributed by atoms with van der Waals surface area (Å²) >= 11 is 1.65. The van der Waals surface area contributed by atoms with Gasteiger partial charge < -0.3 is 10.1 Å². The number of ether oxygens (including phenoxy) is 1. The Labute approximate surface area is 207 Å². The molecule has 2 atom stereocenters. The van der Waals surface area contributed by atoms with Crippen LogP contribution in [0.15, 0.2) is 41.4 Å². The quantitative estimate of drug-likeness (QED) is 0.457. The molecular formula is C26H31F4N3OS. The molecule has 1 aromatic heterocycles. The minimum Gasteiger partial charge on any atom is -0.382 e. The summed E-state index contributed by atoms with van der Waals surface area (Å²) < 4.78 is 59.5. The summed E-state index contributed by atoms with van der Waals surface area (Å²) in [6, 6.07) is 3.00. The Kier molecular flexibility index (Phi) is 6.94. The first-order valence-corrected chi connectivity index (χ1v) is 13.2. The fourth-order valence-electron chi connectivity index (χ4n) is 5.68. The lowest BCUT2D eigenvalue weighted by Crippen LogP contribution is -2.53. The van der Waals surface area contributed by atoms with Gasteiger partial charge in [-0.2, -0.15) is 13.2 Å². The second-order valence-corrected chi connectivity index (χ2v) is 10.8. The number of piperidine rings is 1. The van der Waals surface area contributed by atoms with E-state index in [1.165, 1.54) is 5.69 Å². The summed E-state index contributed by atoms with van der Waals surface area (Å²) in [5, 5.41) is 5.33. The summed E-state index contributed by atoms with van der Waals surface area (Å²) in [4.78, 5) is 7.01. The van der Waals surface area contributed by atoms with E-state index in [2.05, 4.69) is 27.2 Å². The number of rotatable bonds is 7. The molecule has 190 valence electrons. The van der Waals surface area contributed by atoms with Crippen molar-refractivity contribution >= 4 is 11.3 Å². The maximum Gasteiger partial charge on any atom is 0.416 e. The van der Waals surface area contributed by atoms with E-state index in [1.54, 1.807) is 11.3 Å². The fraction of sp³-hybridized carbons (Fsp3) is 0.577. The first-order valence-electron chi connectivity index (χ1n) is 12.3. The molecule has 0 bridgehead atoms. The molecule has 5 rings (SSSR count). The third kappa shape index (κ3) is 5.42. The van der Waals surface area contributed by atoms with Crippen LogP contribution in [-0.4, -0.2) is 41.2 Å². The second-order valence-electron chi connectivity index (χ2n) is 10.1. The lowest BCUT2D eigenvalue weighted by Gasteiger charge is -2.46. The van der Waals surface area contributed by atoms with Crippen molar-refractivity contribution in [1.29, 1.82) is 0 Å². The van der Waals surface area contributed by atoms with Gasteiger partial charge in [0.15, 0.2) is 0 Å². The average molecular weight is 510 g/mol. The normalized spacial score (nSPS) is 26.6. The number of nitrogens with one attached hydrogen (secondary N) is 1. The van der Waals surface area contributed by atoms with Gasteiger partial charge in [-0.25, -0.2) is 9.37 Å². The van der Waals surface area contributed by atoms with Gasteiger partial charge in [0.25, 0.3) is 0 Å². The van der Waals surface area contributed by atoms with Crippen LogP contribution in [0.5, 0.6) is 0 Å². The van der Waals surface area contributed by atoms with Crippen LogP contribution in [0.25, 0.3) is 0 Å². The fourth-order valence-corrected chi connectivity index (χ4v) is 6.32. The molecule has 9 heteroatoms. The number of alkyl halides is 3. The molecule has 2 saturated heterocycles. The first kappa shape index (κ1) is 24.7. The number of hydrogen-bond donors (Lipinski definition) is 1. The maximum atomic E-state index is 13.8. The molecule has 3 heterocycles. The molecule has 2 aliphatic heterocycles. The van der Waals surface area contributed by atoms with Gasteiger partial charge in [-0.05, 0) is 81.3 Å². The highest BCUT2D eigenvalue weighted by molar-refractivity contribution is 7.07. The number of likely N-dealkylation sites (tertiary alicyclic amines) is 1. The Hall–Kier alpha value is -1.97. The van der Waals surface area contributed by atoms with E-state index < -0.39 is 23.2 Å². The number of nitrogens with zero attached hydrogens (tertiary/aromatic N) is 2. The largest absolute Gasteiger partial charge is 0.416 e. The highest BCUT2D eigenvalue weighted by Crippen LogP contribution is 2.50. The van der Waals surface area contributed by atoms with E-state index in [0.29, 0.717) is 36.2 Å². The molecule has 0 amide bonds. The van der Waals surface area contributed by atoms with E-state index in [1.807, 2.05) is 5.51 Å². The Morgan fingerprint density at radius 2 is 1.94 bits per heavy atom. The van der Waals surface area contributed by atoms with E-state index in [0.717, 1.165) is 63.7 Å². The molecule has 1 saturated carbocycles. The van der Waals surface area contributed by atoms with E-state index >= 15 is 0 Å². The molecule has 0 spiro atoms. The molecule has 2 aromatic rings. The third-order valence-electron chi connectivity index (χ3n) is 7.84. The van der Waals surface area contributed by atoms with Gasteiger partial charge in [-0.15, -0.1) is 11.3 Å². The number of aromatic nitrogens is 1. The lowest BCUT2D eigenvalue weighted by atomic mass is 9.83. The van der Waals surface area contributed by atoms with Gasteiger partial charge in [0.2, 0.25) is 0 Å². The molecule has 4 nitrogen and oxygen atoms in total. The third-order valence-corrected chi connectivity index (χ3v) is 8.44. The zero-order valence-corrected chi connectivity index (χ0v) is 20.4. The molecule has 1 aromatic carbocycles. The van der Waals surface area contributed by atoms with E-state index in [-0.39, 0.29) is 12.1 Å². The molecule has 3 fully saturated rings. The predicted octanol–water partition coefficient (Wildman–Crippen LogP) is 6.11. The van der Waals surface area contributed by atoms with Gasteiger partial charge in [0, 0.05) is 29.6 Å². The summed E-state index contributed by atoms with van der Waals surface area (Å²) in [6.45, 7) is 6.99. The van der Waals surface area contributed by atoms with Crippen LogP contribution >= 0.6 is 11.3 Å². The van der Waals surface area contributed by atoms with Gasteiger partial charge >= 0.3 is 6.18 Å². The van der Waals surface area contributed by atoms with Gasteiger partial charge in [-0.3, -0.25) is 4.90 Å². The Bertz CT molecular complexity index is 1020. The molecule has 0 radical (unpaired) electrons. The van der Waals surface area contributed by atoms with Gasteiger partial charge in [0.1, 0.15) is 11.4 Å². The second kappa shape index (κ2) is 9.82. The van der Waals surface area contributed by atoms with Crippen molar-refractivity contribution in [3.63, 3.8) is 0 Å². The van der Waals surface area contributed by atoms with Crippen LogP contribution < -0.4 is 5.32 Å². The minimum atomic E-state index is -4.58. The number of halogens is 4. The van der Waals surface area contributed by atoms with Crippen molar-refractivity contribution in [2.24, 2.45) is 5.92 Å². The van der Waals surface area contributed by atoms with Gasteiger partial charge in [0.05, 0.1) is 23.4 Å². The Morgan fingerprint density at radius 1 is 1.17 bits per heavy atom. The van der Waals surface area contributed by atoms with E-state index in [9.17, 15) is 17.6 Å². The topological polar surface area (TPSA) is 37.4 Å². The van der Waals surface area contributed by atoms with Crippen LogP contribution in [-0.2, 0) is 17.5 Å². The average Bonchev–Trinajstić information content (AvgIpc) is 3.56. The van der Waals surface area contributed by atoms with Crippen LogP contribution in [0.2, 0.25) is 0 Å². The number of benzene rings is 1. The molecule has 1 unspecified atom stereocenters. The molecule has 35 heavy (non-hydrogen) atoms. The zero-order chi connectivity index (χ0) is 24.6. The van der Waals surface area contributed by atoms with Crippen LogP contribution in [0.3, 0.4) is 0 Å². The highest BCUT2D eigenvalue weighted by atomic mass is 32.1. The summed E-state index contributed by atoms with van der Waals surface area (Å²) in [7, 11) is 0. The van der Waals surface area contributed by atoms with Crippen molar-refractivity contribution in [3.8, 4) is 0 Å². The monoisotopic (exact) mass is 509 g/mol. The van der Waals surface area contributed by atoms with Crippen LogP contribution in [0.1, 0.15) is 61.3 Å². The van der Waals surface area contributed by atoms with Crippen molar-refractivity contribution in [2.45, 2.75) is 68.8 Å². The Balaban J connectivity index is 1.18. The standard InChI is InChI=1S/C26H31F4N3OS/c1-17(31-13-18-10-21(26(28,29)30)12-22(27)11-18)25(20-2-3-20)7-4-23(14-34-25)33-8-5-19(6-9-33)24-15-35-16-32-24/h10-12,15-16,19-20,23,31H,1-9,13-14H2/t23?,25-/m1/s1. The molecule has 3 aliphatic rings. The predicted molar refractivity (Wildman–Crippen MR) is 127 cm³/mol. The SMILES string of the molecule is C=C(NCc1cc(F)cc(C(F)(F)F)c1)[C@@]1(C2CC2)CCC(N2CCC(c3cscn3)CC2)CO1. The van der Waals surface area contributed by atoms with Gasteiger partial charge in [-0.1, -0.05) is 6.58 Å². The van der Waals surface area contributed by atoms with Crippen LogP contribution in [0.4, 0.5) is 17.6 Å². The van der Waals surface area contributed by atoms with Crippen molar-refractivity contribution < 1.29 is 22.3 Å².